The summed E-state index contributed by atoms with van der Waals surface area (Å²) in [4.78, 5) is 0. The Balaban J connectivity index is 2.63. The Bertz CT molecular complexity index is 149. The Morgan fingerprint density at radius 3 is 2.40 bits per heavy atom. The summed E-state index contributed by atoms with van der Waals surface area (Å²) in [6.07, 6.45) is 3.37. The van der Waals surface area contributed by atoms with Crippen LogP contribution in [0.2, 0.25) is 0 Å². The van der Waals surface area contributed by atoms with Gasteiger partial charge in [-0.05, 0) is 32.2 Å². The zero-order valence-electron chi connectivity index (χ0n) is 6.65. The molecule has 0 heterocycles. The van der Waals surface area contributed by atoms with Crippen LogP contribution in [0, 0.1) is 17.2 Å². The number of hydrogen-bond acceptors (Lipinski definition) is 2. The van der Waals surface area contributed by atoms with Crippen molar-refractivity contribution in [3.05, 3.63) is 0 Å². The molecule has 0 aliphatic heterocycles. The van der Waals surface area contributed by atoms with E-state index in [-0.39, 0.29) is 5.54 Å². The SMILES string of the molecule is CCC(C#N)(NC)C1CC1. The average molecular weight is 138 g/mol. The van der Waals surface area contributed by atoms with E-state index in [4.69, 9.17) is 5.26 Å². The van der Waals surface area contributed by atoms with Crippen molar-refractivity contribution in [2.75, 3.05) is 7.05 Å². The number of nitriles is 1. The third-order valence-electron chi connectivity index (χ3n) is 2.48. The van der Waals surface area contributed by atoms with Gasteiger partial charge in [-0.25, -0.2) is 0 Å². The topological polar surface area (TPSA) is 35.8 Å². The maximum Gasteiger partial charge on any atom is 0.109 e. The standard InChI is InChI=1S/C8H14N2/c1-3-8(6-9,10-2)7-4-5-7/h7,10H,3-5H2,1-2H3. The largest absolute Gasteiger partial charge is 0.302 e. The van der Waals surface area contributed by atoms with E-state index < -0.39 is 0 Å². The van der Waals surface area contributed by atoms with Gasteiger partial charge in [0.2, 0.25) is 0 Å². The molecular formula is C8H14N2. The van der Waals surface area contributed by atoms with Gasteiger partial charge in [-0.2, -0.15) is 5.26 Å². The Morgan fingerprint density at radius 1 is 1.70 bits per heavy atom. The predicted octanol–water partition coefficient (Wildman–Crippen LogP) is 1.29. The van der Waals surface area contributed by atoms with Gasteiger partial charge in [0.15, 0.2) is 0 Å². The molecule has 1 aliphatic carbocycles. The quantitative estimate of drug-likeness (QED) is 0.637. The first-order valence-electron chi connectivity index (χ1n) is 3.89. The Hall–Kier alpha value is -0.550. The molecule has 1 aliphatic rings. The molecule has 0 aromatic heterocycles. The van der Waals surface area contributed by atoms with Crippen LogP contribution in [-0.2, 0) is 0 Å². The molecule has 0 aromatic carbocycles. The lowest BCUT2D eigenvalue weighted by molar-refractivity contribution is 0.382. The maximum atomic E-state index is 8.87. The molecule has 1 unspecified atom stereocenters. The second-order valence-electron chi connectivity index (χ2n) is 2.96. The van der Waals surface area contributed by atoms with Gasteiger partial charge in [0.1, 0.15) is 5.54 Å². The third kappa shape index (κ3) is 1.02. The third-order valence-corrected chi connectivity index (χ3v) is 2.48. The van der Waals surface area contributed by atoms with Crippen molar-refractivity contribution in [3.63, 3.8) is 0 Å². The molecule has 1 saturated carbocycles. The number of nitrogens with zero attached hydrogens (tertiary/aromatic N) is 1. The van der Waals surface area contributed by atoms with Gasteiger partial charge in [0.25, 0.3) is 0 Å². The van der Waals surface area contributed by atoms with E-state index >= 15 is 0 Å². The second kappa shape index (κ2) is 2.59. The fourth-order valence-electron chi connectivity index (χ4n) is 1.47. The molecule has 0 bridgehead atoms. The Morgan fingerprint density at radius 2 is 2.30 bits per heavy atom. The summed E-state index contributed by atoms with van der Waals surface area (Å²) in [6, 6.07) is 2.37. The molecule has 0 amide bonds. The van der Waals surface area contributed by atoms with E-state index in [2.05, 4.69) is 18.3 Å². The minimum absolute atomic E-state index is 0.208. The second-order valence-corrected chi connectivity index (χ2v) is 2.96. The first kappa shape index (κ1) is 7.56. The molecule has 0 saturated heterocycles. The highest BCUT2D eigenvalue weighted by atomic mass is 15.0. The van der Waals surface area contributed by atoms with Gasteiger partial charge in [-0.15, -0.1) is 0 Å². The van der Waals surface area contributed by atoms with Crippen molar-refractivity contribution >= 4 is 0 Å². The zero-order chi connectivity index (χ0) is 7.61. The first-order chi connectivity index (χ1) is 4.79. The fourth-order valence-corrected chi connectivity index (χ4v) is 1.47. The minimum Gasteiger partial charge on any atom is -0.302 e. The van der Waals surface area contributed by atoms with Gasteiger partial charge in [0.05, 0.1) is 6.07 Å². The summed E-state index contributed by atoms with van der Waals surface area (Å²) >= 11 is 0. The minimum atomic E-state index is -0.208. The van der Waals surface area contributed by atoms with E-state index in [0.717, 1.165) is 6.42 Å². The highest BCUT2D eigenvalue weighted by molar-refractivity contribution is 5.13. The van der Waals surface area contributed by atoms with Crippen molar-refractivity contribution in [1.29, 1.82) is 5.26 Å². The molecule has 2 nitrogen and oxygen atoms in total. The molecular weight excluding hydrogens is 124 g/mol. The van der Waals surface area contributed by atoms with E-state index in [9.17, 15) is 0 Å². The highest BCUT2D eigenvalue weighted by Crippen LogP contribution is 2.40. The molecule has 1 fully saturated rings. The van der Waals surface area contributed by atoms with Crippen molar-refractivity contribution < 1.29 is 0 Å². The monoisotopic (exact) mass is 138 g/mol. The smallest absolute Gasteiger partial charge is 0.109 e. The maximum absolute atomic E-state index is 8.87. The Kier molecular flexibility index (Phi) is 1.96. The number of rotatable bonds is 3. The summed E-state index contributed by atoms with van der Waals surface area (Å²) in [7, 11) is 1.88. The van der Waals surface area contributed by atoms with Crippen molar-refractivity contribution in [1.82, 2.24) is 5.32 Å². The highest BCUT2D eigenvalue weighted by Gasteiger charge is 2.42. The van der Waals surface area contributed by atoms with E-state index in [1.165, 1.54) is 12.8 Å². The van der Waals surface area contributed by atoms with Crippen LogP contribution >= 0.6 is 0 Å². The average Bonchev–Trinajstić information content (AvgIpc) is 2.77. The molecule has 1 atom stereocenters. The lowest BCUT2D eigenvalue weighted by Gasteiger charge is -2.23. The molecule has 56 valence electrons. The van der Waals surface area contributed by atoms with Crippen molar-refractivity contribution in [3.8, 4) is 6.07 Å². The van der Waals surface area contributed by atoms with E-state index in [1.54, 1.807) is 0 Å². The Labute approximate surface area is 62.2 Å². The molecule has 0 aromatic rings. The van der Waals surface area contributed by atoms with Gasteiger partial charge < -0.3 is 5.32 Å². The van der Waals surface area contributed by atoms with Gasteiger partial charge >= 0.3 is 0 Å². The van der Waals surface area contributed by atoms with Crippen LogP contribution < -0.4 is 5.32 Å². The van der Waals surface area contributed by atoms with Gasteiger partial charge in [0, 0.05) is 0 Å². The van der Waals surface area contributed by atoms with Crippen LogP contribution in [0.1, 0.15) is 26.2 Å². The summed E-state index contributed by atoms with van der Waals surface area (Å²) in [5.74, 6) is 0.618. The molecule has 0 spiro atoms. The van der Waals surface area contributed by atoms with E-state index in [0.29, 0.717) is 5.92 Å². The molecule has 2 heteroatoms. The van der Waals surface area contributed by atoms with E-state index in [1.807, 2.05) is 7.05 Å². The molecule has 10 heavy (non-hydrogen) atoms. The lowest BCUT2D eigenvalue weighted by atomic mass is 9.92. The van der Waals surface area contributed by atoms with Crippen LogP contribution in [0.15, 0.2) is 0 Å². The first-order valence-corrected chi connectivity index (χ1v) is 3.89. The molecule has 0 radical (unpaired) electrons. The van der Waals surface area contributed by atoms with Crippen LogP contribution in [0.4, 0.5) is 0 Å². The van der Waals surface area contributed by atoms with Gasteiger partial charge in [-0.3, -0.25) is 0 Å². The number of hydrogen-bond donors (Lipinski definition) is 1. The summed E-state index contributed by atoms with van der Waals surface area (Å²) in [5, 5.41) is 12.0. The van der Waals surface area contributed by atoms with Crippen molar-refractivity contribution in [2.45, 2.75) is 31.7 Å². The summed E-state index contributed by atoms with van der Waals surface area (Å²) in [5.41, 5.74) is -0.208. The predicted molar refractivity (Wildman–Crippen MR) is 40.4 cm³/mol. The van der Waals surface area contributed by atoms with Crippen LogP contribution in [0.3, 0.4) is 0 Å². The van der Waals surface area contributed by atoms with Crippen LogP contribution in [0.25, 0.3) is 0 Å². The molecule has 1 N–H and O–H groups in total. The lowest BCUT2D eigenvalue weighted by Crippen LogP contribution is -2.42. The number of nitrogens with one attached hydrogen (secondary N) is 1. The summed E-state index contributed by atoms with van der Waals surface area (Å²) < 4.78 is 0. The van der Waals surface area contributed by atoms with Gasteiger partial charge in [-0.1, -0.05) is 6.92 Å². The fraction of sp³-hybridized carbons (Fsp3) is 0.875. The van der Waals surface area contributed by atoms with Crippen LogP contribution in [-0.4, -0.2) is 12.6 Å². The zero-order valence-corrected chi connectivity index (χ0v) is 6.65. The van der Waals surface area contributed by atoms with Crippen LogP contribution in [0.5, 0.6) is 0 Å². The van der Waals surface area contributed by atoms with Crippen molar-refractivity contribution in [2.24, 2.45) is 5.92 Å². The molecule has 1 rings (SSSR count). The summed E-state index contributed by atoms with van der Waals surface area (Å²) in [6.45, 7) is 2.07. The normalized spacial score (nSPS) is 23.3.